The van der Waals surface area contributed by atoms with Crippen molar-refractivity contribution in [3.05, 3.63) is 75.1 Å². The van der Waals surface area contributed by atoms with Crippen LogP contribution in [0.5, 0.6) is 0 Å². The van der Waals surface area contributed by atoms with Crippen molar-refractivity contribution in [2.45, 2.75) is 19.8 Å². The van der Waals surface area contributed by atoms with Gasteiger partial charge in [0.2, 0.25) is 5.91 Å². The number of benzene rings is 2. The Morgan fingerprint density at radius 2 is 1.97 bits per heavy atom. The number of hydrogen-bond donors (Lipinski definition) is 1. The molecule has 6 heteroatoms. The first-order valence-electron chi connectivity index (χ1n) is 11.0. The van der Waals surface area contributed by atoms with Crippen LogP contribution in [0.4, 0.5) is 5.69 Å². The van der Waals surface area contributed by atoms with Gasteiger partial charge in [-0.2, -0.15) is 0 Å². The maximum Gasteiger partial charge on any atom is 0.238 e. The van der Waals surface area contributed by atoms with Crippen molar-refractivity contribution < 1.29 is 13.9 Å². The standard InChI is InChI=1S/C26H26N2O4/c1-17-3-2-4-18(13-17)14-19-5-7-22-25(30)21-8-6-20(15-23(21)32-26(19)22)27-24(29)16-28-9-11-31-12-10-28/h2-4,6,8,13-15H,5,7,9-12,16H2,1H3,(H,27,29). The van der Waals surface area contributed by atoms with Crippen molar-refractivity contribution in [2.75, 3.05) is 38.2 Å². The molecule has 1 saturated heterocycles. The van der Waals surface area contributed by atoms with Gasteiger partial charge in [0.25, 0.3) is 0 Å². The Bertz CT molecular complexity index is 1270. The minimum absolute atomic E-state index is 0.0140. The van der Waals surface area contributed by atoms with Crippen LogP contribution < -0.4 is 10.7 Å². The van der Waals surface area contributed by atoms with Crippen LogP contribution in [0.2, 0.25) is 0 Å². The number of aryl methyl sites for hydroxylation is 1. The zero-order valence-electron chi connectivity index (χ0n) is 18.1. The van der Waals surface area contributed by atoms with E-state index in [1.165, 1.54) is 5.56 Å². The van der Waals surface area contributed by atoms with E-state index in [-0.39, 0.29) is 11.3 Å². The van der Waals surface area contributed by atoms with Gasteiger partial charge in [0.05, 0.1) is 25.1 Å². The normalized spacial score (nSPS) is 17.6. The average Bonchev–Trinajstić information content (AvgIpc) is 3.17. The lowest BCUT2D eigenvalue weighted by Gasteiger charge is -2.25. The van der Waals surface area contributed by atoms with Gasteiger partial charge in [0.1, 0.15) is 11.3 Å². The lowest BCUT2D eigenvalue weighted by Crippen LogP contribution is -2.41. The molecule has 5 rings (SSSR count). The molecule has 0 radical (unpaired) electrons. The first-order valence-corrected chi connectivity index (χ1v) is 11.0. The van der Waals surface area contributed by atoms with Gasteiger partial charge in [-0.05, 0) is 49.1 Å². The monoisotopic (exact) mass is 430 g/mol. The van der Waals surface area contributed by atoms with Gasteiger partial charge in [0.15, 0.2) is 5.43 Å². The van der Waals surface area contributed by atoms with Crippen LogP contribution >= 0.6 is 0 Å². The van der Waals surface area contributed by atoms with Crippen LogP contribution in [0, 0.1) is 6.92 Å². The molecule has 6 nitrogen and oxygen atoms in total. The third-order valence-electron chi connectivity index (χ3n) is 6.06. The highest BCUT2D eigenvalue weighted by atomic mass is 16.5. The number of nitrogens with one attached hydrogen (secondary N) is 1. The van der Waals surface area contributed by atoms with Crippen LogP contribution in [-0.4, -0.2) is 43.7 Å². The summed E-state index contributed by atoms with van der Waals surface area (Å²) in [7, 11) is 0. The number of carbonyl (C=O) groups is 1. The summed E-state index contributed by atoms with van der Waals surface area (Å²) < 4.78 is 11.6. The lowest BCUT2D eigenvalue weighted by molar-refractivity contribution is -0.118. The molecule has 1 aromatic heterocycles. The van der Waals surface area contributed by atoms with Gasteiger partial charge in [-0.1, -0.05) is 29.8 Å². The van der Waals surface area contributed by atoms with Gasteiger partial charge in [-0.3, -0.25) is 14.5 Å². The summed E-state index contributed by atoms with van der Waals surface area (Å²) in [6.07, 6.45) is 3.56. The number of rotatable bonds is 4. The molecule has 2 heterocycles. The molecule has 1 N–H and O–H groups in total. The summed E-state index contributed by atoms with van der Waals surface area (Å²) in [6.45, 7) is 5.19. The highest BCUT2D eigenvalue weighted by Gasteiger charge is 2.24. The molecule has 0 saturated carbocycles. The number of morpholine rings is 1. The van der Waals surface area contributed by atoms with E-state index in [1.54, 1.807) is 18.2 Å². The third-order valence-corrected chi connectivity index (χ3v) is 6.06. The minimum Gasteiger partial charge on any atom is -0.456 e. The van der Waals surface area contributed by atoms with Crippen LogP contribution in [0.1, 0.15) is 28.9 Å². The summed E-state index contributed by atoms with van der Waals surface area (Å²) in [5.41, 5.74) is 5.19. The molecule has 1 fully saturated rings. The smallest absolute Gasteiger partial charge is 0.238 e. The summed E-state index contributed by atoms with van der Waals surface area (Å²) in [5.74, 6) is 0.579. The van der Waals surface area contributed by atoms with Crippen molar-refractivity contribution in [1.29, 1.82) is 0 Å². The number of amides is 1. The fraction of sp³-hybridized carbons (Fsp3) is 0.308. The van der Waals surface area contributed by atoms with Crippen LogP contribution in [0.15, 0.2) is 51.7 Å². The second-order valence-electron chi connectivity index (χ2n) is 8.47. The summed E-state index contributed by atoms with van der Waals surface area (Å²) in [5, 5.41) is 3.48. The van der Waals surface area contributed by atoms with E-state index in [9.17, 15) is 9.59 Å². The predicted octanol–water partition coefficient (Wildman–Crippen LogP) is 3.86. The number of ether oxygens (including phenoxy) is 1. The van der Waals surface area contributed by atoms with Crippen molar-refractivity contribution in [3.8, 4) is 0 Å². The quantitative estimate of drug-likeness (QED) is 0.681. The second kappa shape index (κ2) is 8.73. The first kappa shape index (κ1) is 20.7. The summed E-state index contributed by atoms with van der Waals surface area (Å²) in [4.78, 5) is 27.6. The Hall–Kier alpha value is -3.22. The number of hydrogen-bond acceptors (Lipinski definition) is 5. The minimum atomic E-state index is -0.0882. The van der Waals surface area contributed by atoms with E-state index in [0.29, 0.717) is 48.6 Å². The number of anilines is 1. The molecule has 0 spiro atoms. The summed E-state index contributed by atoms with van der Waals surface area (Å²) >= 11 is 0. The molecular formula is C26H26N2O4. The van der Waals surface area contributed by atoms with Gasteiger partial charge < -0.3 is 14.5 Å². The molecular weight excluding hydrogens is 404 g/mol. The molecule has 3 aromatic rings. The topological polar surface area (TPSA) is 71.8 Å². The molecule has 2 aliphatic rings. The van der Waals surface area contributed by atoms with Gasteiger partial charge in [0, 0.05) is 30.4 Å². The largest absolute Gasteiger partial charge is 0.456 e. The van der Waals surface area contributed by atoms with Gasteiger partial charge in [-0.25, -0.2) is 0 Å². The molecule has 1 aliphatic heterocycles. The van der Waals surface area contributed by atoms with E-state index in [4.69, 9.17) is 9.15 Å². The Balaban J connectivity index is 1.43. The zero-order valence-corrected chi connectivity index (χ0v) is 18.1. The Morgan fingerprint density at radius 1 is 1.12 bits per heavy atom. The van der Waals surface area contributed by atoms with Crippen LogP contribution in [0.25, 0.3) is 22.6 Å². The molecule has 0 atom stereocenters. The molecule has 2 aromatic carbocycles. The SMILES string of the molecule is Cc1cccc(C=C2CCc3c2oc2cc(NC(=O)CN4CCOCC4)ccc2c3=O)c1. The Labute approximate surface area is 186 Å². The van der Waals surface area contributed by atoms with E-state index >= 15 is 0 Å². The maximum atomic E-state index is 13.1. The molecule has 1 aliphatic carbocycles. The van der Waals surface area contributed by atoms with Crippen molar-refractivity contribution >= 4 is 34.2 Å². The van der Waals surface area contributed by atoms with Gasteiger partial charge in [-0.15, -0.1) is 0 Å². The molecule has 164 valence electrons. The number of allylic oxidation sites excluding steroid dienone is 1. The first-order chi connectivity index (χ1) is 15.6. The zero-order chi connectivity index (χ0) is 22.1. The predicted molar refractivity (Wildman–Crippen MR) is 126 cm³/mol. The van der Waals surface area contributed by atoms with Crippen molar-refractivity contribution in [3.63, 3.8) is 0 Å². The highest BCUT2D eigenvalue weighted by Crippen LogP contribution is 2.34. The van der Waals surface area contributed by atoms with E-state index in [1.807, 2.05) is 6.07 Å². The number of carbonyl (C=O) groups excluding carboxylic acids is 1. The third kappa shape index (κ3) is 4.24. The fourth-order valence-corrected chi connectivity index (χ4v) is 4.43. The Kier molecular flexibility index (Phi) is 5.64. The van der Waals surface area contributed by atoms with Crippen LogP contribution in [0.3, 0.4) is 0 Å². The highest BCUT2D eigenvalue weighted by molar-refractivity contribution is 5.95. The van der Waals surface area contributed by atoms with E-state index < -0.39 is 0 Å². The van der Waals surface area contributed by atoms with Crippen molar-refractivity contribution in [2.24, 2.45) is 0 Å². The van der Waals surface area contributed by atoms with Crippen molar-refractivity contribution in [1.82, 2.24) is 4.90 Å². The van der Waals surface area contributed by atoms with Gasteiger partial charge >= 0.3 is 0 Å². The maximum absolute atomic E-state index is 13.1. The van der Waals surface area contributed by atoms with E-state index in [0.717, 1.165) is 36.2 Å². The lowest BCUT2D eigenvalue weighted by atomic mass is 10.1. The molecule has 1 amide bonds. The number of fused-ring (bicyclic) bond motifs is 2. The second-order valence-corrected chi connectivity index (χ2v) is 8.47. The van der Waals surface area contributed by atoms with Crippen LogP contribution in [-0.2, 0) is 16.0 Å². The molecule has 0 bridgehead atoms. The molecule has 0 unspecified atom stereocenters. The van der Waals surface area contributed by atoms with E-state index in [2.05, 4.69) is 41.4 Å². The average molecular weight is 431 g/mol. The summed E-state index contributed by atoms with van der Waals surface area (Å²) in [6, 6.07) is 13.5. The molecule has 32 heavy (non-hydrogen) atoms. The fourth-order valence-electron chi connectivity index (χ4n) is 4.43. The number of nitrogens with zero attached hydrogens (tertiary/aromatic N) is 1. The Morgan fingerprint density at radius 3 is 2.78 bits per heavy atom.